The zero-order valence-electron chi connectivity index (χ0n) is 15.0. The Morgan fingerprint density at radius 1 is 1.27 bits per heavy atom. The van der Waals surface area contributed by atoms with Crippen molar-refractivity contribution in [2.24, 2.45) is 5.73 Å². The van der Waals surface area contributed by atoms with Gasteiger partial charge < -0.3 is 15.2 Å². The van der Waals surface area contributed by atoms with Crippen LogP contribution >= 0.6 is 12.4 Å². The summed E-state index contributed by atoms with van der Waals surface area (Å²) < 4.78 is 5.50. The average molecular weight is 377 g/mol. The third kappa shape index (κ3) is 3.48. The molecule has 2 aliphatic rings. The number of nitrogens with zero attached hydrogens (tertiary/aromatic N) is 3. The maximum absolute atomic E-state index is 12.7. The molecule has 26 heavy (non-hydrogen) atoms. The first-order valence-electron chi connectivity index (χ1n) is 9.04. The quantitative estimate of drug-likeness (QED) is 0.889. The molecule has 6 nitrogen and oxygen atoms in total. The predicted octanol–water partition coefficient (Wildman–Crippen LogP) is 3.16. The summed E-state index contributed by atoms with van der Waals surface area (Å²) in [6.07, 6.45) is 4.83. The van der Waals surface area contributed by atoms with Crippen molar-refractivity contribution in [1.29, 1.82) is 0 Å². The normalized spacial score (nSPS) is 21.6. The molecular formula is C19H25ClN4O2. The number of nitrogens with two attached hydrogens (primary N) is 1. The summed E-state index contributed by atoms with van der Waals surface area (Å²) in [5.41, 5.74) is 7.75. The zero-order chi connectivity index (χ0) is 17.4. The Balaban J connectivity index is 0.00000196. The Kier molecular flexibility index (Phi) is 5.34. The number of aryl methyl sites for hydroxylation is 1. The molecule has 1 aromatic carbocycles. The number of likely N-dealkylation sites (tertiary alicyclic amines) is 1. The molecule has 2 N–H and O–H groups in total. The van der Waals surface area contributed by atoms with Crippen molar-refractivity contribution >= 4 is 18.3 Å². The van der Waals surface area contributed by atoms with E-state index in [4.69, 9.17) is 10.3 Å². The second-order valence-corrected chi connectivity index (χ2v) is 7.42. The van der Waals surface area contributed by atoms with Crippen molar-refractivity contribution in [2.75, 3.05) is 13.1 Å². The topological polar surface area (TPSA) is 85.2 Å². The van der Waals surface area contributed by atoms with Crippen LogP contribution in [0.1, 0.15) is 65.7 Å². The Morgan fingerprint density at radius 2 is 2.00 bits per heavy atom. The number of carbonyl (C=O) groups is 1. The van der Waals surface area contributed by atoms with Gasteiger partial charge in [-0.1, -0.05) is 22.9 Å². The smallest absolute Gasteiger partial charge is 0.253 e. The molecule has 1 aliphatic heterocycles. The molecule has 1 amide bonds. The number of hydrogen-bond acceptors (Lipinski definition) is 5. The SMILES string of the molecule is Cc1ccc(C(=O)N2CCCC(c3nc(C4(N)CCC4)no3)C2)cc1.Cl. The molecule has 1 aromatic heterocycles. The van der Waals surface area contributed by atoms with Gasteiger partial charge >= 0.3 is 0 Å². The molecule has 2 heterocycles. The fraction of sp³-hybridized carbons (Fsp3) is 0.526. The second kappa shape index (κ2) is 7.37. The van der Waals surface area contributed by atoms with Gasteiger partial charge in [-0.2, -0.15) is 4.98 Å². The van der Waals surface area contributed by atoms with Gasteiger partial charge in [-0.25, -0.2) is 0 Å². The van der Waals surface area contributed by atoms with Gasteiger partial charge in [0.1, 0.15) is 0 Å². The first-order chi connectivity index (χ1) is 12.0. The van der Waals surface area contributed by atoms with Crippen molar-refractivity contribution in [3.63, 3.8) is 0 Å². The van der Waals surface area contributed by atoms with Gasteiger partial charge in [0.05, 0.1) is 11.5 Å². The highest BCUT2D eigenvalue weighted by atomic mass is 35.5. The fourth-order valence-electron chi connectivity index (χ4n) is 3.63. The molecule has 1 atom stereocenters. The number of hydrogen-bond donors (Lipinski definition) is 1. The van der Waals surface area contributed by atoms with Gasteiger partial charge in [-0.15, -0.1) is 12.4 Å². The molecule has 2 fully saturated rings. The maximum atomic E-state index is 12.7. The van der Waals surface area contributed by atoms with Crippen molar-refractivity contribution in [2.45, 2.75) is 50.5 Å². The van der Waals surface area contributed by atoms with Crippen LogP contribution < -0.4 is 5.73 Å². The van der Waals surface area contributed by atoms with Gasteiger partial charge in [-0.05, 0) is 51.2 Å². The maximum Gasteiger partial charge on any atom is 0.253 e. The van der Waals surface area contributed by atoms with E-state index in [1.165, 1.54) is 0 Å². The number of carbonyl (C=O) groups excluding carboxylic acids is 1. The minimum absolute atomic E-state index is 0. The van der Waals surface area contributed by atoms with E-state index >= 15 is 0 Å². The minimum Gasteiger partial charge on any atom is -0.339 e. The van der Waals surface area contributed by atoms with Gasteiger partial charge in [0, 0.05) is 18.7 Å². The lowest BCUT2D eigenvalue weighted by atomic mass is 9.77. The lowest BCUT2D eigenvalue weighted by Gasteiger charge is -2.34. The summed E-state index contributed by atoms with van der Waals surface area (Å²) in [6, 6.07) is 7.72. The van der Waals surface area contributed by atoms with Crippen molar-refractivity contribution in [3.05, 3.63) is 47.1 Å². The van der Waals surface area contributed by atoms with E-state index in [2.05, 4.69) is 10.1 Å². The van der Waals surface area contributed by atoms with Gasteiger partial charge in [0.2, 0.25) is 5.89 Å². The van der Waals surface area contributed by atoms with Crippen molar-refractivity contribution < 1.29 is 9.32 Å². The summed E-state index contributed by atoms with van der Waals surface area (Å²) in [4.78, 5) is 19.2. The van der Waals surface area contributed by atoms with E-state index < -0.39 is 5.54 Å². The molecule has 0 bridgehead atoms. The largest absolute Gasteiger partial charge is 0.339 e. The number of amides is 1. The summed E-state index contributed by atoms with van der Waals surface area (Å²) in [7, 11) is 0. The Hall–Kier alpha value is -1.92. The average Bonchev–Trinajstić information content (AvgIpc) is 3.10. The fourth-order valence-corrected chi connectivity index (χ4v) is 3.63. The van der Waals surface area contributed by atoms with Crippen LogP contribution in [0.15, 0.2) is 28.8 Å². The van der Waals surface area contributed by atoms with Gasteiger partial charge in [-0.3, -0.25) is 4.79 Å². The van der Waals surface area contributed by atoms with E-state index in [1.54, 1.807) is 0 Å². The highest BCUT2D eigenvalue weighted by Gasteiger charge is 2.40. The standard InChI is InChI=1S/C19H24N4O2.ClH/c1-13-5-7-14(8-6-13)17(24)23-11-2-4-15(12-23)16-21-18(22-25-16)19(20)9-3-10-19;/h5-8,15H,2-4,9-12,20H2,1H3;1H. The molecule has 2 aromatic rings. The molecular weight excluding hydrogens is 352 g/mol. The highest BCUT2D eigenvalue weighted by Crippen LogP contribution is 2.38. The molecule has 140 valence electrons. The number of halogens is 1. The van der Waals surface area contributed by atoms with E-state index in [1.807, 2.05) is 36.1 Å². The molecule has 0 radical (unpaired) electrons. The van der Waals surface area contributed by atoms with Crippen LogP contribution in [-0.4, -0.2) is 34.0 Å². The zero-order valence-corrected chi connectivity index (χ0v) is 15.8. The van der Waals surface area contributed by atoms with E-state index in [0.717, 1.165) is 49.8 Å². The van der Waals surface area contributed by atoms with E-state index in [-0.39, 0.29) is 24.2 Å². The highest BCUT2D eigenvalue weighted by molar-refractivity contribution is 5.94. The number of rotatable bonds is 3. The summed E-state index contributed by atoms with van der Waals surface area (Å²) in [6.45, 7) is 3.40. The number of benzene rings is 1. The van der Waals surface area contributed by atoms with E-state index in [9.17, 15) is 4.79 Å². The Labute approximate surface area is 159 Å². The van der Waals surface area contributed by atoms with E-state index in [0.29, 0.717) is 18.3 Å². The molecule has 1 saturated carbocycles. The molecule has 1 saturated heterocycles. The van der Waals surface area contributed by atoms with Crippen molar-refractivity contribution in [3.8, 4) is 0 Å². The third-order valence-corrected chi connectivity index (χ3v) is 5.49. The van der Waals surface area contributed by atoms with Crippen LogP contribution in [0.5, 0.6) is 0 Å². The summed E-state index contributed by atoms with van der Waals surface area (Å²) in [5, 5.41) is 4.11. The Bertz CT molecular complexity index is 770. The number of aromatic nitrogens is 2. The van der Waals surface area contributed by atoms with Crippen LogP contribution in [0.2, 0.25) is 0 Å². The molecule has 0 spiro atoms. The van der Waals surface area contributed by atoms with Gasteiger partial charge in [0.25, 0.3) is 5.91 Å². The molecule has 4 rings (SSSR count). The summed E-state index contributed by atoms with van der Waals surface area (Å²) >= 11 is 0. The van der Waals surface area contributed by atoms with Crippen LogP contribution in [0.3, 0.4) is 0 Å². The Morgan fingerprint density at radius 3 is 2.65 bits per heavy atom. The second-order valence-electron chi connectivity index (χ2n) is 7.42. The molecule has 7 heteroatoms. The lowest BCUT2D eigenvalue weighted by Crippen LogP contribution is -2.44. The summed E-state index contributed by atoms with van der Waals surface area (Å²) in [5.74, 6) is 1.40. The van der Waals surface area contributed by atoms with Gasteiger partial charge in [0.15, 0.2) is 5.82 Å². The first-order valence-corrected chi connectivity index (χ1v) is 9.04. The number of piperidine rings is 1. The lowest BCUT2D eigenvalue weighted by molar-refractivity contribution is 0.0695. The third-order valence-electron chi connectivity index (χ3n) is 5.49. The monoisotopic (exact) mass is 376 g/mol. The van der Waals surface area contributed by atoms with Crippen LogP contribution in [0, 0.1) is 6.92 Å². The predicted molar refractivity (Wildman–Crippen MR) is 100 cm³/mol. The van der Waals surface area contributed by atoms with Crippen LogP contribution in [0.25, 0.3) is 0 Å². The van der Waals surface area contributed by atoms with Crippen molar-refractivity contribution in [1.82, 2.24) is 15.0 Å². The molecule has 1 aliphatic carbocycles. The van der Waals surface area contributed by atoms with Crippen LogP contribution in [-0.2, 0) is 5.54 Å². The minimum atomic E-state index is -0.409. The first kappa shape index (κ1) is 18.9. The van der Waals surface area contributed by atoms with Crippen LogP contribution in [0.4, 0.5) is 0 Å². The molecule has 1 unspecified atom stereocenters.